The van der Waals surface area contributed by atoms with E-state index >= 15 is 0 Å². The number of urea groups is 1. The molecule has 0 unspecified atom stereocenters. The average molecular weight is 441 g/mol. The van der Waals surface area contributed by atoms with Gasteiger partial charge in [-0.2, -0.15) is 0 Å². The molecule has 3 N–H and O–H groups in total. The standard InChI is InChI=1S/C21H19N3O6S/c1-31(28,29)18-4-2-3-15(11-18)24-21(27)23-13-14-5-7-16(8-6-14)30-17-9-10-22-19(12-17)20(25)26/h2-12H,13H2,1H3,(H,25,26)(H2,23,24,27). The normalized spacial score (nSPS) is 10.9. The number of carboxylic acids is 1. The highest BCUT2D eigenvalue weighted by atomic mass is 32.2. The van der Waals surface area contributed by atoms with Crippen molar-refractivity contribution < 1.29 is 27.9 Å². The minimum absolute atomic E-state index is 0.116. The summed E-state index contributed by atoms with van der Waals surface area (Å²) in [5.41, 5.74) is 1.04. The second-order valence-corrected chi connectivity index (χ2v) is 8.55. The zero-order chi connectivity index (χ0) is 22.4. The van der Waals surface area contributed by atoms with E-state index in [2.05, 4.69) is 15.6 Å². The van der Waals surface area contributed by atoms with Gasteiger partial charge in [-0.1, -0.05) is 18.2 Å². The highest BCUT2D eigenvalue weighted by Gasteiger charge is 2.09. The molecule has 0 saturated heterocycles. The Morgan fingerprint density at radius 2 is 1.77 bits per heavy atom. The minimum Gasteiger partial charge on any atom is -0.477 e. The van der Waals surface area contributed by atoms with Crippen LogP contribution in [0, 0.1) is 0 Å². The molecule has 0 saturated carbocycles. The lowest BCUT2D eigenvalue weighted by atomic mass is 10.2. The maximum Gasteiger partial charge on any atom is 0.354 e. The first kappa shape index (κ1) is 21.8. The molecule has 3 aromatic rings. The smallest absolute Gasteiger partial charge is 0.354 e. The van der Waals surface area contributed by atoms with Crippen LogP contribution >= 0.6 is 0 Å². The Morgan fingerprint density at radius 3 is 2.45 bits per heavy atom. The molecule has 160 valence electrons. The van der Waals surface area contributed by atoms with E-state index in [0.717, 1.165) is 11.8 Å². The molecular weight excluding hydrogens is 422 g/mol. The summed E-state index contributed by atoms with van der Waals surface area (Å²) in [7, 11) is -3.37. The van der Waals surface area contributed by atoms with Crippen LogP contribution in [0.25, 0.3) is 0 Å². The summed E-state index contributed by atoms with van der Waals surface area (Å²) in [5.74, 6) is -0.310. The Morgan fingerprint density at radius 1 is 1.03 bits per heavy atom. The Labute approximate surface area is 178 Å². The number of nitrogens with one attached hydrogen (secondary N) is 2. The number of pyridine rings is 1. The third-order valence-electron chi connectivity index (χ3n) is 4.08. The molecule has 0 aliphatic carbocycles. The lowest BCUT2D eigenvalue weighted by Gasteiger charge is -2.10. The van der Waals surface area contributed by atoms with Crippen LogP contribution in [0.2, 0.25) is 0 Å². The van der Waals surface area contributed by atoms with E-state index in [0.29, 0.717) is 17.2 Å². The van der Waals surface area contributed by atoms with Crippen molar-refractivity contribution >= 4 is 27.5 Å². The number of amides is 2. The largest absolute Gasteiger partial charge is 0.477 e. The first-order valence-electron chi connectivity index (χ1n) is 9.02. The molecule has 1 heterocycles. The molecule has 31 heavy (non-hydrogen) atoms. The van der Waals surface area contributed by atoms with E-state index in [-0.39, 0.29) is 17.1 Å². The number of anilines is 1. The van der Waals surface area contributed by atoms with Gasteiger partial charge < -0.3 is 20.5 Å². The van der Waals surface area contributed by atoms with Crippen molar-refractivity contribution in [2.24, 2.45) is 0 Å². The monoisotopic (exact) mass is 441 g/mol. The van der Waals surface area contributed by atoms with Gasteiger partial charge >= 0.3 is 12.0 Å². The Kier molecular flexibility index (Phi) is 6.51. The molecule has 0 bridgehead atoms. The van der Waals surface area contributed by atoms with Crippen LogP contribution in [-0.4, -0.2) is 36.8 Å². The van der Waals surface area contributed by atoms with E-state index < -0.39 is 21.8 Å². The van der Waals surface area contributed by atoms with Crippen LogP contribution in [0.3, 0.4) is 0 Å². The van der Waals surface area contributed by atoms with Gasteiger partial charge in [0.25, 0.3) is 0 Å². The Hall–Kier alpha value is -3.92. The fraction of sp³-hybridized carbons (Fsp3) is 0.0952. The summed E-state index contributed by atoms with van der Waals surface area (Å²) in [6.07, 6.45) is 2.45. The van der Waals surface area contributed by atoms with Crippen molar-refractivity contribution in [1.29, 1.82) is 0 Å². The lowest BCUT2D eigenvalue weighted by Crippen LogP contribution is -2.28. The van der Waals surface area contributed by atoms with Gasteiger partial charge in [0.1, 0.15) is 11.5 Å². The van der Waals surface area contributed by atoms with Gasteiger partial charge in [-0.25, -0.2) is 23.0 Å². The van der Waals surface area contributed by atoms with Crippen LogP contribution in [0.15, 0.2) is 71.8 Å². The first-order chi connectivity index (χ1) is 14.7. The molecule has 2 amide bonds. The zero-order valence-corrected chi connectivity index (χ0v) is 17.2. The number of sulfone groups is 1. The Bertz CT molecular complexity index is 1210. The number of rotatable bonds is 7. The molecule has 0 spiro atoms. The van der Waals surface area contributed by atoms with Crippen molar-refractivity contribution in [2.75, 3.05) is 11.6 Å². The summed E-state index contributed by atoms with van der Waals surface area (Å²) in [6, 6.07) is 15.2. The number of benzene rings is 2. The molecule has 0 aliphatic rings. The maximum atomic E-state index is 12.1. The number of ether oxygens (including phenoxy) is 1. The predicted molar refractivity (Wildman–Crippen MR) is 113 cm³/mol. The number of hydrogen-bond acceptors (Lipinski definition) is 6. The van der Waals surface area contributed by atoms with Gasteiger partial charge in [-0.05, 0) is 42.0 Å². The summed E-state index contributed by atoms with van der Waals surface area (Å²) < 4.78 is 28.8. The van der Waals surface area contributed by atoms with E-state index in [9.17, 15) is 18.0 Å². The highest BCUT2D eigenvalue weighted by molar-refractivity contribution is 7.90. The molecular formula is C21H19N3O6S. The predicted octanol–water partition coefficient (Wildman–Crippen LogP) is 3.30. The van der Waals surface area contributed by atoms with Gasteiger partial charge in [0.15, 0.2) is 15.5 Å². The molecule has 10 heteroatoms. The number of carbonyl (C=O) groups excluding carboxylic acids is 1. The molecule has 2 aromatic carbocycles. The SMILES string of the molecule is CS(=O)(=O)c1cccc(NC(=O)NCc2ccc(Oc3ccnc(C(=O)O)c3)cc2)c1. The van der Waals surface area contributed by atoms with E-state index in [1.807, 2.05) is 0 Å². The first-order valence-corrected chi connectivity index (χ1v) is 10.9. The van der Waals surface area contributed by atoms with Crippen molar-refractivity contribution in [2.45, 2.75) is 11.4 Å². The topological polar surface area (TPSA) is 135 Å². The molecule has 1 aromatic heterocycles. The number of carbonyl (C=O) groups is 2. The van der Waals surface area contributed by atoms with E-state index in [1.54, 1.807) is 42.5 Å². The number of nitrogens with zero attached hydrogens (tertiary/aromatic N) is 1. The Balaban J connectivity index is 1.55. The molecule has 9 nitrogen and oxygen atoms in total. The van der Waals surface area contributed by atoms with Gasteiger partial charge in [-0.3, -0.25) is 0 Å². The fourth-order valence-corrected chi connectivity index (χ4v) is 3.23. The van der Waals surface area contributed by atoms with Crippen LogP contribution < -0.4 is 15.4 Å². The second kappa shape index (κ2) is 9.26. The molecule has 0 aliphatic heterocycles. The average Bonchev–Trinajstić information content (AvgIpc) is 2.73. The van der Waals surface area contributed by atoms with Gasteiger partial charge in [-0.15, -0.1) is 0 Å². The van der Waals surface area contributed by atoms with Gasteiger partial charge in [0.2, 0.25) is 0 Å². The van der Waals surface area contributed by atoms with Crippen LogP contribution in [0.1, 0.15) is 16.1 Å². The van der Waals surface area contributed by atoms with Crippen LogP contribution in [0.5, 0.6) is 11.5 Å². The third kappa shape index (κ3) is 6.28. The lowest BCUT2D eigenvalue weighted by molar-refractivity contribution is 0.0690. The second-order valence-electron chi connectivity index (χ2n) is 6.54. The number of hydrogen-bond donors (Lipinski definition) is 3. The van der Waals surface area contributed by atoms with E-state index in [4.69, 9.17) is 9.84 Å². The summed E-state index contributed by atoms with van der Waals surface area (Å²) in [6.45, 7) is 0.232. The quantitative estimate of drug-likeness (QED) is 0.512. The van der Waals surface area contributed by atoms with Crippen LogP contribution in [0.4, 0.5) is 10.5 Å². The maximum absolute atomic E-state index is 12.1. The number of carboxylic acid groups (broad SMARTS) is 1. The molecule has 3 rings (SSSR count). The molecule has 0 fully saturated rings. The van der Waals surface area contributed by atoms with Gasteiger partial charge in [0.05, 0.1) is 4.90 Å². The van der Waals surface area contributed by atoms with Crippen molar-refractivity contribution in [1.82, 2.24) is 10.3 Å². The minimum atomic E-state index is -3.37. The molecule has 0 radical (unpaired) electrons. The summed E-state index contributed by atoms with van der Waals surface area (Å²) in [5, 5.41) is 14.2. The van der Waals surface area contributed by atoms with Crippen molar-refractivity contribution in [3.8, 4) is 11.5 Å². The van der Waals surface area contributed by atoms with Crippen LogP contribution in [-0.2, 0) is 16.4 Å². The number of aromatic nitrogens is 1. The zero-order valence-electron chi connectivity index (χ0n) is 16.4. The third-order valence-corrected chi connectivity index (χ3v) is 5.19. The highest BCUT2D eigenvalue weighted by Crippen LogP contribution is 2.22. The number of aromatic carboxylic acids is 1. The van der Waals surface area contributed by atoms with Crippen molar-refractivity contribution in [3.63, 3.8) is 0 Å². The summed E-state index contributed by atoms with van der Waals surface area (Å²) >= 11 is 0. The fourth-order valence-electron chi connectivity index (χ4n) is 2.57. The van der Waals surface area contributed by atoms with Gasteiger partial charge in [0, 0.05) is 30.8 Å². The summed E-state index contributed by atoms with van der Waals surface area (Å²) in [4.78, 5) is 26.9. The molecule has 0 atom stereocenters. The van der Waals surface area contributed by atoms with Crippen molar-refractivity contribution in [3.05, 3.63) is 78.1 Å². The van der Waals surface area contributed by atoms with E-state index in [1.165, 1.54) is 24.4 Å².